The fraction of sp³-hybridized carbons (Fsp3) is 0.167. The Labute approximate surface area is 143 Å². The lowest BCUT2D eigenvalue weighted by atomic mass is 9.99. The Kier molecular flexibility index (Phi) is 4.44. The maximum absolute atomic E-state index is 13.5. The minimum atomic E-state index is -0.499. The Balaban J connectivity index is 2.04. The summed E-state index contributed by atoms with van der Waals surface area (Å²) in [5.74, 6) is -0.389. The molecule has 4 nitrogen and oxygen atoms in total. The van der Waals surface area contributed by atoms with Gasteiger partial charge in [0.25, 0.3) is 0 Å². The number of benzene rings is 2. The lowest BCUT2D eigenvalue weighted by Crippen LogP contribution is -2.02. The van der Waals surface area contributed by atoms with Crippen LogP contribution in [0.15, 0.2) is 35.9 Å². The number of Topliss-reactive ketones (excluding diaryl/α,β-unsaturated/α-hetero) is 1. The van der Waals surface area contributed by atoms with Gasteiger partial charge in [0.1, 0.15) is 11.6 Å². The third-order valence-electron chi connectivity index (χ3n) is 3.72. The number of carbonyl (C=O) groups excluding carboxylic acids is 1. The minimum Gasteiger partial charge on any atom is -0.503 e. The maximum Gasteiger partial charge on any atom is 0.192 e. The molecule has 0 saturated heterocycles. The lowest BCUT2D eigenvalue weighted by molar-refractivity contribution is 0.103. The molecule has 124 valence electrons. The van der Waals surface area contributed by atoms with E-state index in [1.165, 1.54) is 31.4 Å². The van der Waals surface area contributed by atoms with Crippen molar-refractivity contribution in [2.75, 3.05) is 13.7 Å². The van der Waals surface area contributed by atoms with E-state index in [2.05, 4.69) is 0 Å². The molecule has 0 radical (unpaired) electrons. The van der Waals surface area contributed by atoms with Crippen LogP contribution in [0.25, 0.3) is 6.08 Å². The maximum atomic E-state index is 13.5. The summed E-state index contributed by atoms with van der Waals surface area (Å²) >= 11 is 5.97. The molecule has 0 unspecified atom stereocenters. The number of hydrogen-bond donors (Lipinski definition) is 1. The number of rotatable bonds is 2. The Morgan fingerprint density at radius 1 is 1.33 bits per heavy atom. The lowest BCUT2D eigenvalue weighted by Gasteiger charge is -2.08. The molecule has 6 heteroatoms. The van der Waals surface area contributed by atoms with E-state index < -0.39 is 5.82 Å². The first kappa shape index (κ1) is 16.3. The van der Waals surface area contributed by atoms with Crippen LogP contribution >= 0.6 is 11.6 Å². The van der Waals surface area contributed by atoms with Gasteiger partial charge in [-0.15, -0.1) is 0 Å². The summed E-state index contributed by atoms with van der Waals surface area (Å²) < 4.78 is 24.0. The van der Waals surface area contributed by atoms with Gasteiger partial charge in [0.15, 0.2) is 17.3 Å². The van der Waals surface area contributed by atoms with Crippen LogP contribution in [0.1, 0.15) is 22.3 Å². The number of phenols is 1. The Morgan fingerprint density at radius 2 is 2.12 bits per heavy atom. The predicted octanol–water partition coefficient (Wildman–Crippen LogP) is 4.24. The number of ketones is 1. The Hall–Kier alpha value is -2.53. The van der Waals surface area contributed by atoms with Crippen LogP contribution in [-0.2, 0) is 0 Å². The monoisotopic (exact) mass is 348 g/mol. The van der Waals surface area contributed by atoms with Crippen molar-refractivity contribution in [3.63, 3.8) is 0 Å². The van der Waals surface area contributed by atoms with Gasteiger partial charge in [0, 0.05) is 12.0 Å². The van der Waals surface area contributed by atoms with Crippen molar-refractivity contribution in [1.82, 2.24) is 0 Å². The Morgan fingerprint density at radius 3 is 2.88 bits per heavy atom. The molecule has 24 heavy (non-hydrogen) atoms. The van der Waals surface area contributed by atoms with Gasteiger partial charge in [-0.2, -0.15) is 0 Å². The number of methoxy groups -OCH3 is 1. The van der Waals surface area contributed by atoms with Crippen molar-refractivity contribution in [3.8, 4) is 17.2 Å². The van der Waals surface area contributed by atoms with E-state index in [1.807, 2.05) is 0 Å². The highest BCUT2D eigenvalue weighted by Crippen LogP contribution is 2.36. The zero-order chi connectivity index (χ0) is 17.3. The zero-order valence-electron chi connectivity index (χ0n) is 12.8. The molecule has 0 fully saturated rings. The normalized spacial score (nSPS) is 15.6. The smallest absolute Gasteiger partial charge is 0.192 e. The van der Waals surface area contributed by atoms with Crippen molar-refractivity contribution >= 4 is 23.5 Å². The van der Waals surface area contributed by atoms with Crippen molar-refractivity contribution in [2.24, 2.45) is 0 Å². The number of fused-ring (bicyclic) bond motifs is 1. The molecule has 0 amide bonds. The highest BCUT2D eigenvalue weighted by Gasteiger charge is 2.22. The number of carbonyl (C=O) groups is 1. The van der Waals surface area contributed by atoms with Crippen LogP contribution in [0.5, 0.6) is 17.2 Å². The van der Waals surface area contributed by atoms with Gasteiger partial charge in [-0.25, -0.2) is 4.39 Å². The number of aromatic hydroxyl groups is 1. The van der Waals surface area contributed by atoms with Gasteiger partial charge in [0.2, 0.25) is 0 Å². The molecule has 2 aromatic carbocycles. The molecule has 0 atom stereocenters. The van der Waals surface area contributed by atoms with Crippen molar-refractivity contribution in [2.45, 2.75) is 6.42 Å². The largest absolute Gasteiger partial charge is 0.503 e. The highest BCUT2D eigenvalue weighted by atomic mass is 35.5. The van der Waals surface area contributed by atoms with Crippen molar-refractivity contribution in [1.29, 1.82) is 0 Å². The summed E-state index contributed by atoms with van der Waals surface area (Å²) in [5, 5.41) is 9.90. The molecular formula is C18H14ClFO4. The van der Waals surface area contributed by atoms with Crippen LogP contribution in [0, 0.1) is 5.82 Å². The average molecular weight is 349 g/mol. The van der Waals surface area contributed by atoms with Crippen LogP contribution < -0.4 is 9.47 Å². The first-order valence-electron chi connectivity index (χ1n) is 7.23. The topological polar surface area (TPSA) is 55.8 Å². The molecule has 3 rings (SSSR count). The second-order valence-corrected chi connectivity index (χ2v) is 5.70. The van der Waals surface area contributed by atoms with Crippen LogP contribution in [-0.4, -0.2) is 24.6 Å². The van der Waals surface area contributed by atoms with Gasteiger partial charge in [-0.1, -0.05) is 11.6 Å². The van der Waals surface area contributed by atoms with Crippen molar-refractivity contribution in [3.05, 3.63) is 57.9 Å². The van der Waals surface area contributed by atoms with Crippen LogP contribution in [0.4, 0.5) is 4.39 Å². The minimum absolute atomic E-state index is 0.116. The molecule has 1 N–H and O–H groups in total. The van der Waals surface area contributed by atoms with Crippen molar-refractivity contribution < 1.29 is 23.8 Å². The summed E-state index contributed by atoms with van der Waals surface area (Å²) in [7, 11) is 1.41. The van der Waals surface area contributed by atoms with E-state index in [-0.39, 0.29) is 27.9 Å². The van der Waals surface area contributed by atoms with Crippen LogP contribution in [0.2, 0.25) is 5.02 Å². The second-order valence-electron chi connectivity index (χ2n) is 5.29. The average Bonchev–Trinajstić information content (AvgIpc) is 2.71. The third kappa shape index (κ3) is 3.08. The van der Waals surface area contributed by atoms with E-state index >= 15 is 0 Å². The molecular weight excluding hydrogens is 335 g/mol. The predicted molar refractivity (Wildman–Crippen MR) is 88.5 cm³/mol. The fourth-order valence-corrected chi connectivity index (χ4v) is 2.75. The first-order chi connectivity index (χ1) is 11.5. The second kappa shape index (κ2) is 6.53. The van der Waals surface area contributed by atoms with E-state index in [0.717, 1.165) is 0 Å². The van der Waals surface area contributed by atoms with E-state index in [0.29, 0.717) is 29.9 Å². The molecule has 0 aromatic heterocycles. The SMILES string of the molecule is COc1cc(/C=C2\CCOc3ccc(F)cc3C2=O)cc(Cl)c1O. The van der Waals surface area contributed by atoms with Crippen LogP contribution in [0.3, 0.4) is 0 Å². The Bertz CT molecular complexity index is 845. The summed E-state index contributed by atoms with van der Waals surface area (Å²) in [6.07, 6.45) is 2.01. The highest BCUT2D eigenvalue weighted by molar-refractivity contribution is 6.32. The summed E-state index contributed by atoms with van der Waals surface area (Å²) in [4.78, 5) is 12.7. The summed E-state index contributed by atoms with van der Waals surface area (Å²) in [5.41, 5.74) is 1.25. The number of phenolic OH excluding ortho intramolecular Hbond substituents is 1. The molecule has 1 aliphatic rings. The van der Waals surface area contributed by atoms with Gasteiger partial charge < -0.3 is 14.6 Å². The molecule has 0 aliphatic carbocycles. The molecule has 0 spiro atoms. The molecule has 0 bridgehead atoms. The van der Waals surface area contributed by atoms with E-state index in [9.17, 15) is 14.3 Å². The fourth-order valence-electron chi connectivity index (χ4n) is 2.53. The molecule has 1 aliphatic heterocycles. The number of halogens is 2. The standard InChI is InChI=1S/C18H14ClFO4/c1-23-16-8-10(7-14(19)18(16)22)6-11-4-5-24-15-3-2-12(20)9-13(15)17(11)21/h2-3,6-9,22H,4-5H2,1H3/b11-6+. The summed E-state index contributed by atoms with van der Waals surface area (Å²) in [6, 6.07) is 6.97. The number of hydrogen-bond acceptors (Lipinski definition) is 4. The van der Waals surface area contributed by atoms with Gasteiger partial charge in [-0.3, -0.25) is 4.79 Å². The quantitative estimate of drug-likeness (QED) is 0.825. The first-order valence-corrected chi connectivity index (χ1v) is 7.61. The third-order valence-corrected chi connectivity index (χ3v) is 4.01. The van der Waals surface area contributed by atoms with E-state index in [4.69, 9.17) is 21.1 Å². The van der Waals surface area contributed by atoms with Gasteiger partial charge >= 0.3 is 0 Å². The number of ether oxygens (including phenoxy) is 2. The van der Waals surface area contributed by atoms with Gasteiger partial charge in [0.05, 0.1) is 24.3 Å². The van der Waals surface area contributed by atoms with E-state index in [1.54, 1.807) is 12.1 Å². The molecule has 1 heterocycles. The summed E-state index contributed by atoms with van der Waals surface area (Å²) in [6.45, 7) is 0.305. The van der Waals surface area contributed by atoms with Gasteiger partial charge in [-0.05, 0) is 42.0 Å². The molecule has 0 saturated carbocycles. The molecule has 2 aromatic rings. The zero-order valence-corrected chi connectivity index (χ0v) is 13.6.